The Morgan fingerprint density at radius 1 is 1.24 bits per heavy atom. The molecule has 0 amide bonds. The molecule has 1 aliphatic rings. The third-order valence-corrected chi connectivity index (χ3v) is 4.22. The molecule has 2 nitrogen and oxygen atoms in total. The number of hydrogen-bond acceptors (Lipinski definition) is 2. The Bertz CT molecular complexity index is 336. The summed E-state index contributed by atoms with van der Waals surface area (Å²) in [7, 11) is 0. The second kappa shape index (κ2) is 5.63. The lowest BCUT2D eigenvalue weighted by atomic mass is 9.79. The van der Waals surface area contributed by atoms with Crippen molar-refractivity contribution in [3.05, 3.63) is 30.1 Å². The zero-order chi connectivity index (χ0) is 12.3. The van der Waals surface area contributed by atoms with Crippen molar-refractivity contribution >= 4 is 0 Å². The quantitative estimate of drug-likeness (QED) is 0.862. The monoisotopic (exact) mass is 232 g/mol. The van der Waals surface area contributed by atoms with Crippen LogP contribution in [0.4, 0.5) is 0 Å². The lowest BCUT2D eigenvalue weighted by molar-refractivity contribution is 0.217. The van der Waals surface area contributed by atoms with Gasteiger partial charge in [-0.05, 0) is 50.2 Å². The molecule has 1 aliphatic carbocycles. The number of nitrogens with zero attached hydrogens (tertiary/aromatic N) is 1. The van der Waals surface area contributed by atoms with Gasteiger partial charge in [0.25, 0.3) is 0 Å². The molecular formula is C15H24N2. The molecule has 1 fully saturated rings. The van der Waals surface area contributed by atoms with Crippen LogP contribution in [0.15, 0.2) is 24.4 Å². The smallest absolute Gasteiger partial charge is 0.0570 e. The van der Waals surface area contributed by atoms with Crippen molar-refractivity contribution in [2.75, 3.05) is 0 Å². The first-order valence-corrected chi connectivity index (χ1v) is 6.83. The van der Waals surface area contributed by atoms with E-state index in [1.807, 2.05) is 12.3 Å². The first kappa shape index (κ1) is 12.6. The van der Waals surface area contributed by atoms with Gasteiger partial charge in [0.05, 0.1) is 5.69 Å². The Balaban J connectivity index is 1.89. The van der Waals surface area contributed by atoms with Crippen LogP contribution in [0, 0.1) is 11.8 Å². The molecule has 0 spiro atoms. The average molecular weight is 232 g/mol. The van der Waals surface area contributed by atoms with Crippen molar-refractivity contribution in [3.8, 4) is 0 Å². The van der Waals surface area contributed by atoms with Crippen molar-refractivity contribution in [2.24, 2.45) is 11.8 Å². The fourth-order valence-corrected chi connectivity index (χ4v) is 2.77. The number of pyridine rings is 1. The van der Waals surface area contributed by atoms with Gasteiger partial charge < -0.3 is 5.32 Å². The van der Waals surface area contributed by atoms with Gasteiger partial charge in [-0.2, -0.15) is 0 Å². The molecule has 2 rings (SSSR count). The standard InChI is InChI=1S/C15H24N2/c1-11-7-8-14(10-12(11)2)17-13(3)15-6-4-5-9-16-15/h4-6,9,11-14,17H,7-8,10H2,1-3H3/t11?,12?,13-,14?/m0/s1. The van der Waals surface area contributed by atoms with E-state index in [1.165, 1.54) is 19.3 Å². The van der Waals surface area contributed by atoms with Gasteiger partial charge in [-0.25, -0.2) is 0 Å². The molecule has 4 atom stereocenters. The van der Waals surface area contributed by atoms with E-state index in [1.54, 1.807) is 0 Å². The van der Waals surface area contributed by atoms with Crippen LogP contribution in [-0.2, 0) is 0 Å². The van der Waals surface area contributed by atoms with Crippen LogP contribution in [0.5, 0.6) is 0 Å². The second-order valence-electron chi connectivity index (χ2n) is 5.61. The highest BCUT2D eigenvalue weighted by Crippen LogP contribution is 2.30. The van der Waals surface area contributed by atoms with Gasteiger partial charge in [-0.1, -0.05) is 19.9 Å². The van der Waals surface area contributed by atoms with E-state index in [2.05, 4.69) is 43.2 Å². The molecule has 0 aromatic carbocycles. The van der Waals surface area contributed by atoms with Crippen molar-refractivity contribution < 1.29 is 0 Å². The Morgan fingerprint density at radius 2 is 2.06 bits per heavy atom. The summed E-state index contributed by atoms with van der Waals surface area (Å²) in [5, 5.41) is 3.72. The van der Waals surface area contributed by atoms with Gasteiger partial charge in [0.2, 0.25) is 0 Å². The predicted molar refractivity (Wildman–Crippen MR) is 71.8 cm³/mol. The topological polar surface area (TPSA) is 24.9 Å². The lowest BCUT2D eigenvalue weighted by Gasteiger charge is -2.34. The van der Waals surface area contributed by atoms with Crippen LogP contribution < -0.4 is 5.32 Å². The highest BCUT2D eigenvalue weighted by Gasteiger charge is 2.25. The van der Waals surface area contributed by atoms with Crippen molar-refractivity contribution in [2.45, 2.75) is 52.1 Å². The summed E-state index contributed by atoms with van der Waals surface area (Å²) in [5.41, 5.74) is 1.15. The Hall–Kier alpha value is -0.890. The molecule has 17 heavy (non-hydrogen) atoms. The zero-order valence-corrected chi connectivity index (χ0v) is 11.2. The molecule has 1 aromatic heterocycles. The first-order chi connectivity index (χ1) is 8.16. The SMILES string of the molecule is CC1CCC(N[C@@H](C)c2ccccn2)CC1C. The van der Waals surface area contributed by atoms with E-state index in [0.717, 1.165) is 17.5 Å². The molecule has 1 aromatic rings. The Morgan fingerprint density at radius 3 is 2.71 bits per heavy atom. The van der Waals surface area contributed by atoms with Crippen molar-refractivity contribution in [1.82, 2.24) is 10.3 Å². The van der Waals surface area contributed by atoms with E-state index in [4.69, 9.17) is 0 Å². The fraction of sp³-hybridized carbons (Fsp3) is 0.667. The first-order valence-electron chi connectivity index (χ1n) is 6.83. The molecule has 0 saturated heterocycles. The molecule has 1 saturated carbocycles. The highest BCUT2D eigenvalue weighted by atomic mass is 15.0. The van der Waals surface area contributed by atoms with E-state index in [9.17, 15) is 0 Å². The van der Waals surface area contributed by atoms with Crippen LogP contribution in [0.3, 0.4) is 0 Å². The number of nitrogens with one attached hydrogen (secondary N) is 1. The number of rotatable bonds is 3. The minimum Gasteiger partial charge on any atom is -0.306 e. The van der Waals surface area contributed by atoms with Crippen LogP contribution in [0.25, 0.3) is 0 Å². The summed E-state index contributed by atoms with van der Waals surface area (Å²) in [4.78, 5) is 4.42. The van der Waals surface area contributed by atoms with Crippen molar-refractivity contribution in [3.63, 3.8) is 0 Å². The van der Waals surface area contributed by atoms with Gasteiger partial charge in [0.1, 0.15) is 0 Å². The van der Waals surface area contributed by atoms with Crippen molar-refractivity contribution in [1.29, 1.82) is 0 Å². The molecule has 1 heterocycles. The molecule has 0 bridgehead atoms. The second-order valence-corrected chi connectivity index (χ2v) is 5.61. The molecule has 94 valence electrons. The maximum Gasteiger partial charge on any atom is 0.0570 e. The maximum atomic E-state index is 4.42. The van der Waals surface area contributed by atoms with E-state index in [-0.39, 0.29) is 0 Å². The summed E-state index contributed by atoms with van der Waals surface area (Å²) >= 11 is 0. The summed E-state index contributed by atoms with van der Waals surface area (Å²) in [5.74, 6) is 1.73. The van der Waals surface area contributed by atoms with Crippen LogP contribution >= 0.6 is 0 Å². The van der Waals surface area contributed by atoms with E-state index >= 15 is 0 Å². The van der Waals surface area contributed by atoms with E-state index < -0.39 is 0 Å². The minimum absolute atomic E-state index is 0.363. The normalized spacial score (nSPS) is 31.1. The molecule has 1 N–H and O–H groups in total. The van der Waals surface area contributed by atoms with Crippen LogP contribution in [0.1, 0.15) is 51.8 Å². The van der Waals surface area contributed by atoms with E-state index in [0.29, 0.717) is 12.1 Å². The third-order valence-electron chi connectivity index (χ3n) is 4.22. The Kier molecular flexibility index (Phi) is 4.16. The molecule has 0 radical (unpaired) electrons. The molecule has 2 heteroatoms. The molecule has 0 aliphatic heterocycles. The lowest BCUT2D eigenvalue weighted by Crippen LogP contribution is -2.37. The zero-order valence-electron chi connectivity index (χ0n) is 11.2. The van der Waals surface area contributed by atoms with Crippen LogP contribution in [0.2, 0.25) is 0 Å². The summed E-state index contributed by atoms with van der Waals surface area (Å²) < 4.78 is 0. The van der Waals surface area contributed by atoms with Gasteiger partial charge in [0.15, 0.2) is 0 Å². The van der Waals surface area contributed by atoms with Gasteiger partial charge in [0, 0.05) is 18.3 Å². The van der Waals surface area contributed by atoms with Gasteiger partial charge in [-0.15, -0.1) is 0 Å². The summed E-state index contributed by atoms with van der Waals surface area (Å²) in [6, 6.07) is 7.17. The minimum atomic E-state index is 0.363. The third kappa shape index (κ3) is 3.29. The van der Waals surface area contributed by atoms with Gasteiger partial charge in [-0.3, -0.25) is 4.98 Å². The Labute approximate surface area is 105 Å². The molecular weight excluding hydrogens is 208 g/mol. The maximum absolute atomic E-state index is 4.42. The average Bonchev–Trinajstić information content (AvgIpc) is 2.35. The van der Waals surface area contributed by atoms with Gasteiger partial charge >= 0.3 is 0 Å². The number of hydrogen-bond donors (Lipinski definition) is 1. The van der Waals surface area contributed by atoms with Crippen LogP contribution in [-0.4, -0.2) is 11.0 Å². The summed E-state index contributed by atoms with van der Waals surface area (Å²) in [6.45, 7) is 6.97. The largest absolute Gasteiger partial charge is 0.306 e. The summed E-state index contributed by atoms with van der Waals surface area (Å²) in [6.07, 6.45) is 5.84. The highest BCUT2D eigenvalue weighted by molar-refractivity contribution is 5.08. The molecule has 3 unspecified atom stereocenters. The number of aromatic nitrogens is 1. The predicted octanol–water partition coefficient (Wildman–Crippen LogP) is 3.56. The fourth-order valence-electron chi connectivity index (χ4n) is 2.77.